The minimum atomic E-state index is 0.176. The van der Waals surface area contributed by atoms with Crippen LogP contribution >= 0.6 is 0 Å². The summed E-state index contributed by atoms with van der Waals surface area (Å²) in [6.45, 7) is 0. The molecule has 0 fully saturated rings. The molecule has 5 nitrogen and oxygen atoms in total. The molecule has 0 spiro atoms. The monoisotopic (exact) mass is 216 g/mol. The Morgan fingerprint density at radius 1 is 1.12 bits per heavy atom. The van der Waals surface area contributed by atoms with E-state index in [1.165, 1.54) is 0 Å². The van der Waals surface area contributed by atoms with Gasteiger partial charge in [0.25, 0.3) is 0 Å². The van der Waals surface area contributed by atoms with Crippen LogP contribution in [0.25, 0.3) is 11.1 Å². The van der Waals surface area contributed by atoms with E-state index in [2.05, 4.69) is 9.97 Å². The van der Waals surface area contributed by atoms with Gasteiger partial charge in [-0.25, -0.2) is 4.98 Å². The van der Waals surface area contributed by atoms with Gasteiger partial charge in [0.2, 0.25) is 5.95 Å². The summed E-state index contributed by atoms with van der Waals surface area (Å²) in [6, 6.07) is 7.49. The average Bonchev–Trinajstić information content (AvgIpc) is 2.29. The Hall–Kier alpha value is -2.30. The van der Waals surface area contributed by atoms with Gasteiger partial charge in [-0.15, -0.1) is 0 Å². The van der Waals surface area contributed by atoms with Crippen LogP contribution in [-0.2, 0) is 0 Å². The van der Waals surface area contributed by atoms with Crippen molar-refractivity contribution in [1.29, 1.82) is 0 Å². The lowest BCUT2D eigenvalue weighted by Gasteiger charge is -2.06. The summed E-state index contributed by atoms with van der Waals surface area (Å²) in [7, 11) is 1.62. The van der Waals surface area contributed by atoms with Crippen LogP contribution < -0.4 is 16.2 Å². The third kappa shape index (κ3) is 1.88. The zero-order chi connectivity index (χ0) is 11.5. The Labute approximate surface area is 93.1 Å². The van der Waals surface area contributed by atoms with Gasteiger partial charge in [-0.1, -0.05) is 12.1 Å². The highest BCUT2D eigenvalue weighted by atomic mass is 16.5. The summed E-state index contributed by atoms with van der Waals surface area (Å²) >= 11 is 0. The van der Waals surface area contributed by atoms with Crippen molar-refractivity contribution >= 4 is 11.8 Å². The number of nitrogens with two attached hydrogens (primary N) is 2. The Kier molecular flexibility index (Phi) is 2.59. The molecule has 0 aliphatic rings. The Balaban J connectivity index is 2.42. The van der Waals surface area contributed by atoms with Crippen LogP contribution in [0.3, 0.4) is 0 Å². The summed E-state index contributed by atoms with van der Waals surface area (Å²) in [5.74, 6) is 1.34. The van der Waals surface area contributed by atoms with Crippen LogP contribution in [-0.4, -0.2) is 17.1 Å². The van der Waals surface area contributed by atoms with Gasteiger partial charge in [0.1, 0.15) is 11.6 Å². The lowest BCUT2D eigenvalue weighted by atomic mass is 10.1. The molecule has 5 heteroatoms. The van der Waals surface area contributed by atoms with Crippen LogP contribution in [0.1, 0.15) is 0 Å². The number of nitrogen functional groups attached to an aromatic ring is 2. The number of aromatic nitrogens is 2. The lowest BCUT2D eigenvalue weighted by Crippen LogP contribution is -2.00. The molecule has 1 heterocycles. The smallest absolute Gasteiger partial charge is 0.221 e. The normalized spacial score (nSPS) is 10.1. The van der Waals surface area contributed by atoms with Crippen LogP contribution in [0.5, 0.6) is 5.75 Å². The summed E-state index contributed by atoms with van der Waals surface area (Å²) in [4.78, 5) is 7.82. The Morgan fingerprint density at radius 3 is 2.38 bits per heavy atom. The van der Waals surface area contributed by atoms with Crippen molar-refractivity contribution < 1.29 is 4.74 Å². The first-order valence-corrected chi connectivity index (χ1v) is 4.73. The predicted octanol–water partition coefficient (Wildman–Crippen LogP) is 1.32. The zero-order valence-corrected chi connectivity index (χ0v) is 8.84. The van der Waals surface area contributed by atoms with Crippen LogP contribution in [0.15, 0.2) is 30.5 Å². The van der Waals surface area contributed by atoms with Crippen LogP contribution in [0.4, 0.5) is 11.8 Å². The third-order valence-corrected chi connectivity index (χ3v) is 2.24. The molecule has 0 unspecified atom stereocenters. The first-order chi connectivity index (χ1) is 7.70. The maximum Gasteiger partial charge on any atom is 0.221 e. The fourth-order valence-corrected chi connectivity index (χ4v) is 1.40. The molecule has 2 aromatic rings. The van der Waals surface area contributed by atoms with Crippen molar-refractivity contribution in [1.82, 2.24) is 9.97 Å². The minimum absolute atomic E-state index is 0.176. The van der Waals surface area contributed by atoms with Gasteiger partial charge in [-0.2, -0.15) is 4.98 Å². The second kappa shape index (κ2) is 4.06. The van der Waals surface area contributed by atoms with Crippen molar-refractivity contribution in [3.63, 3.8) is 0 Å². The van der Waals surface area contributed by atoms with Crippen molar-refractivity contribution in [2.45, 2.75) is 0 Å². The van der Waals surface area contributed by atoms with Gasteiger partial charge in [0.05, 0.1) is 7.11 Å². The molecule has 82 valence electrons. The van der Waals surface area contributed by atoms with Gasteiger partial charge < -0.3 is 16.2 Å². The van der Waals surface area contributed by atoms with Crippen molar-refractivity contribution in [3.8, 4) is 16.9 Å². The van der Waals surface area contributed by atoms with Gasteiger partial charge in [-0.3, -0.25) is 0 Å². The summed E-state index contributed by atoms with van der Waals surface area (Å²) in [5.41, 5.74) is 12.9. The maximum atomic E-state index is 5.76. The minimum Gasteiger partial charge on any atom is -0.497 e. The first-order valence-electron chi connectivity index (χ1n) is 4.73. The largest absolute Gasteiger partial charge is 0.497 e. The molecule has 16 heavy (non-hydrogen) atoms. The molecular formula is C11H12N4O. The topological polar surface area (TPSA) is 87.0 Å². The van der Waals surface area contributed by atoms with E-state index >= 15 is 0 Å². The van der Waals surface area contributed by atoms with Gasteiger partial charge in [0.15, 0.2) is 0 Å². The maximum absolute atomic E-state index is 5.76. The summed E-state index contributed by atoms with van der Waals surface area (Å²) in [6.07, 6.45) is 1.61. The predicted molar refractivity (Wildman–Crippen MR) is 62.8 cm³/mol. The molecule has 0 bridgehead atoms. The highest BCUT2D eigenvalue weighted by molar-refractivity contribution is 5.73. The molecule has 0 saturated heterocycles. The van der Waals surface area contributed by atoms with E-state index in [4.69, 9.17) is 16.2 Å². The lowest BCUT2D eigenvalue weighted by molar-refractivity contribution is 0.415. The van der Waals surface area contributed by atoms with E-state index in [0.29, 0.717) is 5.82 Å². The molecule has 0 aliphatic heterocycles. The molecule has 0 saturated carbocycles. The first kappa shape index (κ1) is 10.2. The molecule has 0 radical (unpaired) electrons. The highest BCUT2D eigenvalue weighted by Gasteiger charge is 2.05. The molecule has 0 atom stereocenters. The molecule has 1 aromatic carbocycles. The second-order valence-corrected chi connectivity index (χ2v) is 3.26. The fourth-order valence-electron chi connectivity index (χ4n) is 1.40. The number of methoxy groups -OCH3 is 1. The molecule has 2 rings (SSSR count). The van der Waals surface area contributed by atoms with Gasteiger partial charge >= 0.3 is 0 Å². The standard InChI is InChI=1S/C11H12N4O/c1-16-8-4-2-7(3-5-8)9-6-14-11(13)15-10(9)12/h2-6H,1H3,(H4,12,13,14,15). The Morgan fingerprint density at radius 2 is 1.81 bits per heavy atom. The Bertz CT molecular complexity index is 496. The van der Waals surface area contributed by atoms with E-state index in [-0.39, 0.29) is 5.95 Å². The van der Waals surface area contributed by atoms with E-state index < -0.39 is 0 Å². The molecular weight excluding hydrogens is 204 g/mol. The number of nitrogens with zero attached hydrogens (tertiary/aromatic N) is 2. The van der Waals surface area contributed by atoms with E-state index in [1.807, 2.05) is 24.3 Å². The zero-order valence-electron chi connectivity index (χ0n) is 8.84. The summed E-state index contributed by atoms with van der Waals surface area (Å²) in [5, 5.41) is 0. The van der Waals surface area contributed by atoms with Crippen LogP contribution in [0, 0.1) is 0 Å². The SMILES string of the molecule is COc1ccc(-c2cnc(N)nc2N)cc1. The van der Waals surface area contributed by atoms with E-state index in [1.54, 1.807) is 13.3 Å². The third-order valence-electron chi connectivity index (χ3n) is 2.24. The second-order valence-electron chi connectivity index (χ2n) is 3.26. The molecule has 4 N–H and O–H groups in total. The van der Waals surface area contributed by atoms with Gasteiger partial charge in [0, 0.05) is 11.8 Å². The quantitative estimate of drug-likeness (QED) is 0.790. The van der Waals surface area contributed by atoms with Crippen molar-refractivity contribution in [3.05, 3.63) is 30.5 Å². The molecule has 0 aliphatic carbocycles. The molecule has 0 amide bonds. The van der Waals surface area contributed by atoms with E-state index in [9.17, 15) is 0 Å². The number of hydrogen-bond acceptors (Lipinski definition) is 5. The van der Waals surface area contributed by atoms with Crippen LogP contribution in [0.2, 0.25) is 0 Å². The van der Waals surface area contributed by atoms with E-state index in [0.717, 1.165) is 16.9 Å². The number of benzene rings is 1. The number of hydrogen-bond donors (Lipinski definition) is 2. The number of anilines is 2. The van der Waals surface area contributed by atoms with Crippen molar-refractivity contribution in [2.75, 3.05) is 18.6 Å². The van der Waals surface area contributed by atoms with Crippen molar-refractivity contribution in [2.24, 2.45) is 0 Å². The highest BCUT2D eigenvalue weighted by Crippen LogP contribution is 2.25. The number of rotatable bonds is 2. The number of ether oxygens (including phenoxy) is 1. The molecule has 1 aromatic heterocycles. The summed E-state index contributed by atoms with van der Waals surface area (Å²) < 4.78 is 5.07. The average molecular weight is 216 g/mol. The van der Waals surface area contributed by atoms with Gasteiger partial charge in [-0.05, 0) is 17.7 Å². The fraction of sp³-hybridized carbons (Fsp3) is 0.0909.